The molecule has 0 fully saturated rings. The largest absolute Gasteiger partial charge is 0.458 e. The zero-order valence-corrected chi connectivity index (χ0v) is 18.1. The van der Waals surface area contributed by atoms with Crippen molar-refractivity contribution in [2.24, 2.45) is 5.73 Å². The van der Waals surface area contributed by atoms with Gasteiger partial charge < -0.3 is 26.2 Å². The van der Waals surface area contributed by atoms with Crippen LogP contribution in [0, 0.1) is 12.8 Å². The number of terminal acetylenes is 1. The Kier molecular flexibility index (Phi) is 12.1. The Bertz CT molecular complexity index is 698. The first-order chi connectivity index (χ1) is 14.0. The lowest BCUT2D eigenvalue weighted by molar-refractivity contribution is -0.158. The third-order valence-corrected chi connectivity index (χ3v) is 3.80. The van der Waals surface area contributed by atoms with Gasteiger partial charge in [0.2, 0.25) is 5.91 Å². The Hall–Kier alpha value is -2.89. The van der Waals surface area contributed by atoms with Gasteiger partial charge in [-0.3, -0.25) is 9.59 Å². The van der Waals surface area contributed by atoms with Crippen LogP contribution < -0.4 is 16.4 Å². The highest BCUT2D eigenvalue weighted by Crippen LogP contribution is 2.18. The molecule has 0 aliphatic heterocycles. The summed E-state index contributed by atoms with van der Waals surface area (Å²) in [6.45, 7) is 6.68. The summed E-state index contributed by atoms with van der Waals surface area (Å²) in [6.07, 6.45) is 7.80. The predicted molar refractivity (Wildman–Crippen MR) is 115 cm³/mol. The Balaban J connectivity index is 0.00000407. The van der Waals surface area contributed by atoms with Crippen LogP contribution in [0.1, 0.15) is 52.1 Å². The average molecular weight is 420 g/mol. The van der Waals surface area contributed by atoms with Crippen molar-refractivity contribution in [3.63, 3.8) is 0 Å². The van der Waals surface area contributed by atoms with Gasteiger partial charge in [-0.05, 0) is 32.8 Å². The standard InChI is InChI=1S/C20H31N3O5.C2H2/c1-5-9-14(21)17(25)18(26)22-12-15(24)23-16(13-10-7-6-8-11-13)19(27)28-20(2,3)4;1-2/h6-8,10-11,14,16-17,25H,5,9,12,21H2,1-4H3,(H,22,26)(H,23,24);1-2H. The Morgan fingerprint density at radius 1 is 1.17 bits per heavy atom. The number of aliphatic hydroxyl groups excluding tert-OH is 1. The van der Waals surface area contributed by atoms with Gasteiger partial charge in [0.15, 0.2) is 6.04 Å². The molecule has 166 valence electrons. The monoisotopic (exact) mass is 419 g/mol. The van der Waals surface area contributed by atoms with E-state index in [0.29, 0.717) is 12.0 Å². The SMILES string of the molecule is C#C.CCCC(N)C(O)C(=O)NCC(=O)NC(C(=O)OC(C)(C)C)c1ccccc1. The van der Waals surface area contributed by atoms with Crippen LogP contribution in [0.25, 0.3) is 0 Å². The van der Waals surface area contributed by atoms with Gasteiger partial charge in [0.1, 0.15) is 11.7 Å². The van der Waals surface area contributed by atoms with Gasteiger partial charge >= 0.3 is 5.97 Å². The van der Waals surface area contributed by atoms with Crippen molar-refractivity contribution in [3.8, 4) is 12.8 Å². The van der Waals surface area contributed by atoms with Crippen LogP contribution >= 0.6 is 0 Å². The molecule has 0 aromatic heterocycles. The molecule has 0 heterocycles. The molecule has 2 amide bonds. The number of carbonyl (C=O) groups excluding carboxylic acids is 3. The van der Waals surface area contributed by atoms with Crippen LogP contribution in [0.3, 0.4) is 0 Å². The van der Waals surface area contributed by atoms with Crippen molar-refractivity contribution in [3.05, 3.63) is 35.9 Å². The molecule has 0 bridgehead atoms. The van der Waals surface area contributed by atoms with Crippen LogP contribution in [-0.4, -0.2) is 47.2 Å². The summed E-state index contributed by atoms with van der Waals surface area (Å²) in [5.74, 6) is -1.93. The average Bonchev–Trinajstić information content (AvgIpc) is 2.70. The van der Waals surface area contributed by atoms with Gasteiger partial charge in [-0.25, -0.2) is 4.79 Å². The molecular weight excluding hydrogens is 386 g/mol. The first kappa shape index (κ1) is 27.1. The van der Waals surface area contributed by atoms with Crippen LogP contribution in [0.4, 0.5) is 0 Å². The number of nitrogens with one attached hydrogen (secondary N) is 2. The predicted octanol–water partition coefficient (Wildman–Crippen LogP) is 1.04. The summed E-state index contributed by atoms with van der Waals surface area (Å²) >= 11 is 0. The van der Waals surface area contributed by atoms with Crippen LogP contribution in [0.15, 0.2) is 30.3 Å². The fourth-order valence-corrected chi connectivity index (χ4v) is 2.45. The van der Waals surface area contributed by atoms with Crippen molar-refractivity contribution < 1.29 is 24.2 Å². The van der Waals surface area contributed by atoms with Crippen molar-refractivity contribution in [2.75, 3.05) is 6.54 Å². The van der Waals surface area contributed by atoms with E-state index in [2.05, 4.69) is 23.5 Å². The van der Waals surface area contributed by atoms with Gasteiger partial charge in [0.05, 0.1) is 6.54 Å². The maximum atomic E-state index is 12.5. The van der Waals surface area contributed by atoms with Gasteiger partial charge in [-0.2, -0.15) is 0 Å². The number of rotatable bonds is 9. The molecule has 30 heavy (non-hydrogen) atoms. The van der Waals surface area contributed by atoms with E-state index in [4.69, 9.17) is 10.5 Å². The lowest BCUT2D eigenvalue weighted by atomic mass is 10.1. The van der Waals surface area contributed by atoms with Crippen molar-refractivity contribution >= 4 is 17.8 Å². The Labute approximate surface area is 178 Å². The van der Waals surface area contributed by atoms with Gasteiger partial charge in [0, 0.05) is 6.04 Å². The molecule has 0 aliphatic carbocycles. The third-order valence-electron chi connectivity index (χ3n) is 3.80. The molecule has 1 aromatic carbocycles. The maximum Gasteiger partial charge on any atom is 0.333 e. The lowest BCUT2D eigenvalue weighted by Crippen LogP contribution is -2.49. The smallest absolute Gasteiger partial charge is 0.333 e. The minimum atomic E-state index is -1.40. The van der Waals surface area contributed by atoms with E-state index in [1.807, 2.05) is 6.92 Å². The van der Waals surface area contributed by atoms with Crippen molar-refractivity contribution in [2.45, 2.75) is 64.3 Å². The van der Waals surface area contributed by atoms with Crippen molar-refractivity contribution in [1.82, 2.24) is 10.6 Å². The normalized spacial score (nSPS) is 13.6. The van der Waals surface area contributed by atoms with E-state index in [1.165, 1.54) is 0 Å². The molecule has 0 spiro atoms. The second-order valence-electron chi connectivity index (χ2n) is 7.56. The first-order valence-corrected chi connectivity index (χ1v) is 9.67. The molecule has 0 radical (unpaired) electrons. The van der Waals surface area contributed by atoms with Gasteiger partial charge in [-0.1, -0.05) is 43.7 Å². The zero-order valence-electron chi connectivity index (χ0n) is 18.1. The summed E-state index contributed by atoms with van der Waals surface area (Å²) in [7, 11) is 0. The molecular formula is C22H33N3O5. The number of aliphatic hydroxyl groups is 1. The molecule has 0 saturated carbocycles. The van der Waals surface area contributed by atoms with E-state index >= 15 is 0 Å². The Morgan fingerprint density at radius 2 is 1.73 bits per heavy atom. The van der Waals surface area contributed by atoms with E-state index in [9.17, 15) is 19.5 Å². The fourth-order valence-electron chi connectivity index (χ4n) is 2.45. The number of hydrogen-bond donors (Lipinski definition) is 4. The molecule has 5 N–H and O–H groups in total. The molecule has 1 rings (SSSR count). The molecule has 8 nitrogen and oxygen atoms in total. The van der Waals surface area contributed by atoms with E-state index in [-0.39, 0.29) is 0 Å². The number of hydrogen-bond acceptors (Lipinski definition) is 6. The van der Waals surface area contributed by atoms with Gasteiger partial charge in [-0.15, -0.1) is 12.8 Å². The third kappa shape index (κ3) is 10.0. The number of ether oxygens (including phenoxy) is 1. The van der Waals surface area contributed by atoms with Crippen LogP contribution in [0.5, 0.6) is 0 Å². The molecule has 1 aromatic rings. The van der Waals surface area contributed by atoms with Gasteiger partial charge in [0.25, 0.3) is 5.91 Å². The topological polar surface area (TPSA) is 131 Å². The van der Waals surface area contributed by atoms with Crippen LogP contribution in [-0.2, 0) is 19.1 Å². The summed E-state index contributed by atoms with van der Waals surface area (Å²) in [4.78, 5) is 36.7. The highest BCUT2D eigenvalue weighted by molar-refractivity contribution is 5.90. The molecule has 0 aliphatic rings. The van der Waals surface area contributed by atoms with E-state index in [1.54, 1.807) is 51.1 Å². The highest BCUT2D eigenvalue weighted by Gasteiger charge is 2.28. The highest BCUT2D eigenvalue weighted by atomic mass is 16.6. The fraction of sp³-hybridized carbons (Fsp3) is 0.500. The summed E-state index contributed by atoms with van der Waals surface area (Å²) in [5, 5.41) is 14.8. The number of amides is 2. The number of nitrogens with two attached hydrogens (primary N) is 1. The van der Waals surface area contributed by atoms with E-state index in [0.717, 1.165) is 6.42 Å². The molecule has 3 atom stereocenters. The summed E-state index contributed by atoms with van der Waals surface area (Å²) in [5.41, 5.74) is 5.55. The maximum absolute atomic E-state index is 12.5. The number of benzene rings is 1. The quantitative estimate of drug-likeness (QED) is 0.349. The Morgan fingerprint density at radius 3 is 2.23 bits per heavy atom. The lowest BCUT2D eigenvalue weighted by Gasteiger charge is -2.25. The second kappa shape index (κ2) is 13.4. The first-order valence-electron chi connectivity index (χ1n) is 9.67. The summed E-state index contributed by atoms with van der Waals surface area (Å²) in [6, 6.07) is 6.95. The number of carbonyl (C=O) groups is 3. The summed E-state index contributed by atoms with van der Waals surface area (Å²) < 4.78 is 5.38. The number of esters is 1. The molecule has 0 saturated heterocycles. The molecule has 3 unspecified atom stereocenters. The minimum Gasteiger partial charge on any atom is -0.458 e. The van der Waals surface area contributed by atoms with E-state index < -0.39 is 48.1 Å². The molecule has 8 heteroatoms. The second-order valence-corrected chi connectivity index (χ2v) is 7.56. The minimum absolute atomic E-state index is 0.402. The zero-order chi connectivity index (χ0) is 23.3. The van der Waals surface area contributed by atoms with Crippen molar-refractivity contribution in [1.29, 1.82) is 0 Å². The van der Waals surface area contributed by atoms with Crippen LogP contribution in [0.2, 0.25) is 0 Å².